The van der Waals surface area contributed by atoms with Gasteiger partial charge < -0.3 is 0 Å². The van der Waals surface area contributed by atoms with Crippen LogP contribution in [0.5, 0.6) is 0 Å². The number of hydrogen-bond donors (Lipinski definition) is 1. The smallest absolute Gasteiger partial charge is 0.280 e. The van der Waals surface area contributed by atoms with Gasteiger partial charge in [0, 0.05) is 23.4 Å². The van der Waals surface area contributed by atoms with Crippen molar-refractivity contribution in [2.45, 2.75) is 30.8 Å². The maximum Gasteiger partial charge on any atom is 0.416 e. The Bertz CT molecular complexity index is 1170. The minimum absolute atomic E-state index is 0.0139. The molecule has 0 saturated heterocycles. The molecule has 0 aliphatic heterocycles. The van der Waals surface area contributed by atoms with Gasteiger partial charge in [0.05, 0.1) is 10.5 Å². The molecule has 0 atom stereocenters. The number of nitrogens with one attached hydrogen (secondary N) is 1. The van der Waals surface area contributed by atoms with Gasteiger partial charge in [-0.05, 0) is 48.4 Å². The summed E-state index contributed by atoms with van der Waals surface area (Å²) in [6.45, 7) is 1.91. The maximum absolute atomic E-state index is 13.2. The molecule has 0 fully saturated rings. The van der Waals surface area contributed by atoms with Gasteiger partial charge in [-0.3, -0.25) is 4.72 Å². The first kappa shape index (κ1) is 23.0. The number of sulfonamides is 1. The molecule has 0 radical (unpaired) electrons. The molecule has 8 heteroatoms. The predicted molar refractivity (Wildman–Crippen MR) is 120 cm³/mol. The molecule has 0 aromatic heterocycles. The second-order valence-corrected chi connectivity index (χ2v) is 9.42. The Kier molecular flexibility index (Phi) is 6.81. The van der Waals surface area contributed by atoms with E-state index in [1.54, 1.807) is 42.5 Å². The van der Waals surface area contributed by atoms with Crippen molar-refractivity contribution in [3.05, 3.63) is 95.1 Å². The average molecular weight is 464 g/mol. The highest BCUT2D eigenvalue weighted by Gasteiger charge is 2.32. The van der Waals surface area contributed by atoms with Crippen molar-refractivity contribution in [1.82, 2.24) is 0 Å². The molecule has 0 aliphatic carbocycles. The first-order chi connectivity index (χ1) is 14.5. The molecule has 0 unspecified atom stereocenters. The molecule has 0 bridgehead atoms. The van der Waals surface area contributed by atoms with E-state index in [1.165, 1.54) is 24.3 Å². The lowest BCUT2D eigenvalue weighted by atomic mass is 9.99. The van der Waals surface area contributed by atoms with Crippen LogP contribution in [0.3, 0.4) is 0 Å². The largest absolute Gasteiger partial charge is 0.416 e. The van der Waals surface area contributed by atoms with E-state index >= 15 is 0 Å². The maximum atomic E-state index is 13.2. The number of alkyl halides is 3. The Labute approximate surface area is 185 Å². The van der Waals surface area contributed by atoms with Crippen LogP contribution in [0.15, 0.2) is 77.7 Å². The fourth-order valence-electron chi connectivity index (χ4n) is 3.08. The summed E-state index contributed by atoms with van der Waals surface area (Å²) in [7, 11) is -3.75. The van der Waals surface area contributed by atoms with Gasteiger partial charge in [0.2, 0.25) is 0 Å². The number of rotatable bonds is 7. The van der Waals surface area contributed by atoms with Crippen LogP contribution in [-0.2, 0) is 29.0 Å². The van der Waals surface area contributed by atoms with Crippen molar-refractivity contribution >= 4 is 32.8 Å². The van der Waals surface area contributed by atoms with Crippen molar-refractivity contribution in [3.63, 3.8) is 0 Å². The lowest BCUT2D eigenvalue weighted by Gasteiger charge is -2.13. The van der Waals surface area contributed by atoms with Crippen LogP contribution in [-0.4, -0.2) is 13.3 Å². The molecule has 0 amide bonds. The van der Waals surface area contributed by atoms with Gasteiger partial charge in [0.25, 0.3) is 10.0 Å². The summed E-state index contributed by atoms with van der Waals surface area (Å²) in [5, 5.41) is 0. The molecule has 31 heavy (non-hydrogen) atoms. The van der Waals surface area contributed by atoms with E-state index in [4.69, 9.17) is 12.2 Å². The van der Waals surface area contributed by atoms with E-state index in [0.29, 0.717) is 10.6 Å². The van der Waals surface area contributed by atoms with Crippen molar-refractivity contribution in [1.29, 1.82) is 0 Å². The van der Waals surface area contributed by atoms with Crippen LogP contribution < -0.4 is 4.72 Å². The van der Waals surface area contributed by atoms with E-state index in [9.17, 15) is 21.6 Å². The van der Waals surface area contributed by atoms with E-state index in [-0.39, 0.29) is 23.3 Å². The molecule has 0 heterocycles. The molecule has 3 aromatic carbocycles. The third kappa shape index (κ3) is 6.15. The van der Waals surface area contributed by atoms with Crippen LogP contribution in [0, 0.1) is 6.92 Å². The normalized spacial score (nSPS) is 11.9. The molecule has 0 spiro atoms. The highest BCUT2D eigenvalue weighted by atomic mass is 32.2. The summed E-state index contributed by atoms with van der Waals surface area (Å²) in [5.41, 5.74) is 1.63. The Balaban J connectivity index is 1.68. The van der Waals surface area contributed by atoms with Crippen molar-refractivity contribution < 1.29 is 21.6 Å². The minimum Gasteiger partial charge on any atom is -0.280 e. The monoisotopic (exact) mass is 463 g/mol. The average Bonchev–Trinajstić information content (AvgIpc) is 2.69. The van der Waals surface area contributed by atoms with Crippen molar-refractivity contribution in [2.75, 3.05) is 4.72 Å². The summed E-state index contributed by atoms with van der Waals surface area (Å²) < 4.78 is 67.1. The minimum atomic E-state index is -4.44. The van der Waals surface area contributed by atoms with E-state index in [0.717, 1.165) is 17.2 Å². The Morgan fingerprint density at radius 2 is 1.52 bits per heavy atom. The Morgan fingerprint density at radius 3 is 2.13 bits per heavy atom. The van der Waals surface area contributed by atoms with Crippen molar-refractivity contribution in [3.8, 4) is 0 Å². The number of halogens is 3. The van der Waals surface area contributed by atoms with Crippen LogP contribution in [0.4, 0.5) is 18.9 Å². The quantitative estimate of drug-likeness (QED) is 0.439. The van der Waals surface area contributed by atoms with Crippen LogP contribution in [0.2, 0.25) is 0 Å². The lowest BCUT2D eigenvalue weighted by Crippen LogP contribution is -2.14. The first-order valence-corrected chi connectivity index (χ1v) is 11.3. The summed E-state index contributed by atoms with van der Waals surface area (Å²) >= 11 is 5.31. The molecule has 0 aliphatic rings. The second-order valence-electron chi connectivity index (χ2n) is 7.16. The SMILES string of the molecule is Cc1ccc(NS(=O)(=O)c2ccc(CC(=S)Cc3ccccc3C(F)(F)F)cc2)cc1. The summed E-state index contributed by atoms with van der Waals surface area (Å²) in [6.07, 6.45) is -4.15. The van der Waals surface area contributed by atoms with E-state index in [2.05, 4.69) is 4.72 Å². The number of anilines is 1. The van der Waals surface area contributed by atoms with Gasteiger partial charge in [-0.25, -0.2) is 8.42 Å². The summed E-state index contributed by atoms with van der Waals surface area (Å²) in [5.74, 6) is 0. The zero-order valence-electron chi connectivity index (χ0n) is 16.6. The van der Waals surface area contributed by atoms with Gasteiger partial charge in [0.15, 0.2) is 0 Å². The van der Waals surface area contributed by atoms with E-state index < -0.39 is 21.8 Å². The number of benzene rings is 3. The zero-order valence-corrected chi connectivity index (χ0v) is 18.2. The molecule has 3 nitrogen and oxygen atoms in total. The summed E-state index contributed by atoms with van der Waals surface area (Å²) in [6, 6.07) is 18.5. The zero-order chi connectivity index (χ0) is 22.6. The molecule has 0 saturated carbocycles. The van der Waals surface area contributed by atoms with E-state index in [1.807, 2.05) is 6.92 Å². The third-order valence-electron chi connectivity index (χ3n) is 4.65. The van der Waals surface area contributed by atoms with Crippen LogP contribution >= 0.6 is 12.2 Å². The van der Waals surface area contributed by atoms with Gasteiger partial charge in [-0.1, -0.05) is 60.2 Å². The molecular formula is C23H20F3NO2S2. The lowest BCUT2D eigenvalue weighted by molar-refractivity contribution is -0.138. The number of hydrogen-bond acceptors (Lipinski definition) is 3. The topological polar surface area (TPSA) is 46.2 Å². The Morgan fingerprint density at radius 1 is 0.903 bits per heavy atom. The fourth-order valence-corrected chi connectivity index (χ4v) is 4.46. The number of thiocarbonyl (C=S) groups is 1. The standard InChI is InChI=1S/C23H20F3NO2S2/c1-16-6-10-19(11-7-16)27-31(28,29)21-12-8-17(9-13-21)14-20(30)15-18-4-2-3-5-22(18)23(24,25)26/h2-13,27H,14-15H2,1H3. The van der Waals surface area contributed by atoms with Crippen LogP contribution in [0.25, 0.3) is 0 Å². The molecule has 1 N–H and O–H groups in total. The van der Waals surface area contributed by atoms with Gasteiger partial charge >= 0.3 is 6.18 Å². The molecular weight excluding hydrogens is 443 g/mol. The number of aryl methyl sites for hydroxylation is 1. The Hall–Kier alpha value is -2.71. The summed E-state index contributed by atoms with van der Waals surface area (Å²) in [4.78, 5) is 0.523. The highest BCUT2D eigenvalue weighted by molar-refractivity contribution is 7.92. The van der Waals surface area contributed by atoms with Gasteiger partial charge in [-0.15, -0.1) is 0 Å². The van der Waals surface area contributed by atoms with Crippen molar-refractivity contribution in [2.24, 2.45) is 0 Å². The van der Waals surface area contributed by atoms with Crippen LogP contribution in [0.1, 0.15) is 22.3 Å². The molecule has 162 valence electrons. The second kappa shape index (κ2) is 9.20. The molecule has 3 rings (SSSR count). The molecule has 3 aromatic rings. The highest BCUT2D eigenvalue weighted by Crippen LogP contribution is 2.32. The fraction of sp³-hybridized carbons (Fsp3) is 0.174. The third-order valence-corrected chi connectivity index (χ3v) is 6.33. The predicted octanol–water partition coefficient (Wildman–Crippen LogP) is 5.97. The van der Waals surface area contributed by atoms with Gasteiger partial charge in [-0.2, -0.15) is 13.2 Å². The van der Waals surface area contributed by atoms with Gasteiger partial charge in [0.1, 0.15) is 0 Å². The first-order valence-electron chi connectivity index (χ1n) is 9.40.